The van der Waals surface area contributed by atoms with Crippen molar-refractivity contribution in [1.82, 2.24) is 4.90 Å². The second-order valence-electron chi connectivity index (χ2n) is 12.3. The number of nitrogens with zero attached hydrogens (tertiary/aromatic N) is 1. The molecule has 1 saturated heterocycles. The molecule has 39 heavy (non-hydrogen) atoms. The van der Waals surface area contributed by atoms with Crippen LogP contribution in [0.5, 0.6) is 0 Å². The number of ether oxygens (including phenoxy) is 5. The largest absolute Gasteiger partial charge is 0.458 e. The Morgan fingerprint density at radius 1 is 1.00 bits per heavy atom. The van der Waals surface area contributed by atoms with E-state index in [0.29, 0.717) is 17.2 Å². The van der Waals surface area contributed by atoms with Gasteiger partial charge in [0.2, 0.25) is 0 Å². The van der Waals surface area contributed by atoms with Crippen LogP contribution in [0, 0.1) is 11.8 Å². The second kappa shape index (κ2) is 14.5. The molecule has 1 aliphatic heterocycles. The van der Waals surface area contributed by atoms with Crippen molar-refractivity contribution in [3.8, 4) is 0 Å². The molecule has 1 heterocycles. The van der Waals surface area contributed by atoms with Crippen molar-refractivity contribution in [2.45, 2.75) is 124 Å². The first kappa shape index (κ1) is 34.9. The Labute approximate surface area is 230 Å². The van der Waals surface area contributed by atoms with Crippen LogP contribution in [0.25, 0.3) is 0 Å². The Hall–Kier alpha value is -2.08. The van der Waals surface area contributed by atoms with Gasteiger partial charge < -0.3 is 23.7 Å². The number of rotatable bonds is 8. The Bertz CT molecular complexity index is 776. The number of carbonyl (C=O) groups is 3. The summed E-state index contributed by atoms with van der Waals surface area (Å²) in [5, 5.41) is 0. The third-order valence-electron chi connectivity index (χ3n) is 5.63. The summed E-state index contributed by atoms with van der Waals surface area (Å²) in [5.41, 5.74) is -1.96. The van der Waals surface area contributed by atoms with Gasteiger partial charge in [-0.3, -0.25) is 0 Å². The normalized spacial score (nSPS) is 23.4. The Kier molecular flexibility index (Phi) is 13.0. The van der Waals surface area contributed by atoms with E-state index < -0.39 is 60.2 Å². The Morgan fingerprint density at radius 3 is 2.00 bits per heavy atom. The van der Waals surface area contributed by atoms with Crippen LogP contribution in [0.3, 0.4) is 0 Å². The molecule has 0 aromatic heterocycles. The minimum Gasteiger partial charge on any atom is -0.458 e. The van der Waals surface area contributed by atoms with Crippen molar-refractivity contribution < 1.29 is 51.2 Å². The highest BCUT2D eigenvalue weighted by Crippen LogP contribution is 2.27. The average Bonchev–Trinajstić information content (AvgIpc) is 2.76. The molecule has 0 aromatic carbocycles. The van der Waals surface area contributed by atoms with Crippen molar-refractivity contribution in [3.63, 3.8) is 0 Å². The summed E-state index contributed by atoms with van der Waals surface area (Å²) in [5.74, 6) is -0.923. The topological polar surface area (TPSA) is 101 Å². The van der Waals surface area contributed by atoms with E-state index in [4.69, 9.17) is 23.7 Å². The molecule has 9 nitrogen and oxygen atoms in total. The predicted octanol–water partition coefficient (Wildman–Crippen LogP) is 6.27. The summed E-state index contributed by atoms with van der Waals surface area (Å²) in [4.78, 5) is 40.0. The molecule has 4 unspecified atom stereocenters. The molecule has 0 aromatic rings. The van der Waals surface area contributed by atoms with E-state index in [-0.39, 0.29) is 32.2 Å². The van der Waals surface area contributed by atoms with Gasteiger partial charge in [0.15, 0.2) is 6.04 Å². The van der Waals surface area contributed by atoms with Gasteiger partial charge in [-0.2, -0.15) is 18.1 Å². The average molecular weight is 570 g/mol. The third-order valence-corrected chi connectivity index (χ3v) is 5.63. The highest BCUT2D eigenvalue weighted by Gasteiger charge is 2.44. The number of hydrogen-bond donors (Lipinski definition) is 0. The number of alkyl halides is 3. The van der Waals surface area contributed by atoms with Gasteiger partial charge in [-0.05, 0) is 67.2 Å². The summed E-state index contributed by atoms with van der Waals surface area (Å²) in [7, 11) is 0. The van der Waals surface area contributed by atoms with E-state index in [1.54, 1.807) is 48.5 Å². The monoisotopic (exact) mass is 569 g/mol. The third kappa shape index (κ3) is 13.7. The molecule has 0 spiro atoms. The maximum atomic E-state index is 13.3. The van der Waals surface area contributed by atoms with Crippen LogP contribution in [-0.4, -0.2) is 78.5 Å². The first-order valence-corrected chi connectivity index (χ1v) is 13.4. The van der Waals surface area contributed by atoms with E-state index in [1.165, 1.54) is 0 Å². The molecule has 0 bridgehead atoms. The fourth-order valence-corrected chi connectivity index (χ4v) is 3.90. The number of hydrogen-bond acceptors (Lipinski definition) is 8. The molecular formula is C27H46F3NO8. The predicted molar refractivity (Wildman–Crippen MR) is 137 cm³/mol. The van der Waals surface area contributed by atoms with Gasteiger partial charge >= 0.3 is 24.3 Å². The SMILES string of the molecule is CC(C)CCC1COCC(N(C(=O)OC(C)(C)C)C(=O)OC(C)(C)C)C(=O)OC(C)C1OCCCC(F)(F)F. The van der Waals surface area contributed by atoms with Gasteiger partial charge in [0.25, 0.3) is 0 Å². The summed E-state index contributed by atoms with van der Waals surface area (Å²) >= 11 is 0. The molecule has 4 atom stereocenters. The number of cyclic esters (lactones) is 1. The van der Waals surface area contributed by atoms with Crippen molar-refractivity contribution in [2.75, 3.05) is 19.8 Å². The van der Waals surface area contributed by atoms with Gasteiger partial charge in [-0.25, -0.2) is 14.4 Å². The molecule has 1 rings (SSSR count). The van der Waals surface area contributed by atoms with E-state index >= 15 is 0 Å². The maximum absolute atomic E-state index is 13.3. The zero-order valence-electron chi connectivity index (χ0n) is 24.7. The summed E-state index contributed by atoms with van der Waals surface area (Å²) in [6.45, 7) is 14.8. The fourth-order valence-electron chi connectivity index (χ4n) is 3.90. The molecule has 0 radical (unpaired) electrons. The lowest BCUT2D eigenvalue weighted by atomic mass is 9.91. The second-order valence-corrected chi connectivity index (χ2v) is 12.3. The number of amides is 2. The lowest BCUT2D eigenvalue weighted by Crippen LogP contribution is -2.54. The fraction of sp³-hybridized carbons (Fsp3) is 0.889. The van der Waals surface area contributed by atoms with Gasteiger partial charge in [0.05, 0.1) is 19.3 Å². The number of esters is 1. The summed E-state index contributed by atoms with van der Waals surface area (Å²) in [6.07, 6.45) is -8.02. The highest BCUT2D eigenvalue weighted by atomic mass is 19.4. The van der Waals surface area contributed by atoms with Gasteiger partial charge in [-0.15, -0.1) is 0 Å². The first-order chi connectivity index (χ1) is 17.7. The minimum absolute atomic E-state index is 0.0740. The highest BCUT2D eigenvalue weighted by molar-refractivity contribution is 5.94. The van der Waals surface area contributed by atoms with Crippen LogP contribution in [0.2, 0.25) is 0 Å². The van der Waals surface area contributed by atoms with Gasteiger partial charge in [0, 0.05) is 18.9 Å². The molecule has 0 N–H and O–H groups in total. The van der Waals surface area contributed by atoms with E-state index in [9.17, 15) is 27.6 Å². The standard InChI is InChI=1S/C27H46F3NO8/c1-17(2)11-12-19-15-35-16-20(22(32)37-18(3)21(19)36-14-10-13-27(28,29)30)31(23(33)38-25(4,5)6)24(34)39-26(7,8)9/h17-21H,10-16H2,1-9H3. The first-order valence-electron chi connectivity index (χ1n) is 13.4. The van der Waals surface area contributed by atoms with E-state index in [1.807, 2.05) is 13.8 Å². The molecule has 228 valence electrons. The van der Waals surface area contributed by atoms with Gasteiger partial charge in [0.1, 0.15) is 17.3 Å². The van der Waals surface area contributed by atoms with Crippen LogP contribution in [0.4, 0.5) is 22.8 Å². The lowest BCUT2D eigenvalue weighted by molar-refractivity contribution is -0.165. The number of halogens is 3. The number of carbonyl (C=O) groups excluding carboxylic acids is 3. The molecule has 0 aliphatic carbocycles. The van der Waals surface area contributed by atoms with Crippen LogP contribution in [-0.2, 0) is 28.5 Å². The van der Waals surface area contributed by atoms with Crippen LogP contribution >= 0.6 is 0 Å². The quantitative estimate of drug-likeness (QED) is 0.192. The smallest absolute Gasteiger partial charge is 0.420 e. The van der Waals surface area contributed by atoms with Crippen molar-refractivity contribution in [3.05, 3.63) is 0 Å². The van der Waals surface area contributed by atoms with Crippen LogP contribution < -0.4 is 0 Å². The molecule has 2 amide bonds. The van der Waals surface area contributed by atoms with Crippen molar-refractivity contribution in [1.29, 1.82) is 0 Å². The van der Waals surface area contributed by atoms with Crippen LogP contribution in [0.1, 0.15) is 88.0 Å². The molecule has 12 heteroatoms. The molecule has 1 aliphatic rings. The number of imide groups is 1. The maximum Gasteiger partial charge on any atom is 0.420 e. The molecule has 1 fully saturated rings. The lowest BCUT2D eigenvalue weighted by Gasteiger charge is -2.33. The summed E-state index contributed by atoms with van der Waals surface area (Å²) < 4.78 is 66.0. The van der Waals surface area contributed by atoms with E-state index in [2.05, 4.69) is 0 Å². The minimum atomic E-state index is -4.31. The molecule has 0 saturated carbocycles. The van der Waals surface area contributed by atoms with Crippen molar-refractivity contribution >= 4 is 18.2 Å². The zero-order valence-corrected chi connectivity index (χ0v) is 24.7. The molecular weight excluding hydrogens is 523 g/mol. The van der Waals surface area contributed by atoms with Gasteiger partial charge in [-0.1, -0.05) is 20.3 Å². The zero-order chi connectivity index (χ0) is 30.2. The summed E-state index contributed by atoms with van der Waals surface area (Å²) in [6, 6.07) is -1.52. The Balaban J connectivity index is 3.26. The van der Waals surface area contributed by atoms with Crippen LogP contribution in [0.15, 0.2) is 0 Å². The van der Waals surface area contributed by atoms with Crippen molar-refractivity contribution in [2.24, 2.45) is 11.8 Å². The van der Waals surface area contributed by atoms with E-state index in [0.717, 1.165) is 6.42 Å². The Morgan fingerprint density at radius 2 is 1.54 bits per heavy atom.